The third-order valence-electron chi connectivity index (χ3n) is 6.01. The second-order valence-corrected chi connectivity index (χ2v) is 11.2. The molecular weight excluding hydrogens is 494 g/mol. The van der Waals surface area contributed by atoms with Gasteiger partial charge >= 0.3 is 0 Å². The minimum Gasteiger partial charge on any atom is -0.497 e. The summed E-state index contributed by atoms with van der Waals surface area (Å²) in [5, 5.41) is 2.92. The van der Waals surface area contributed by atoms with Gasteiger partial charge in [-0.1, -0.05) is 45.0 Å². The number of amides is 2. The van der Waals surface area contributed by atoms with Crippen LogP contribution in [-0.4, -0.2) is 64.7 Å². The molecule has 0 radical (unpaired) electrons. The Hall–Kier alpha value is -3.27. The Morgan fingerprint density at radius 1 is 1.05 bits per heavy atom. The quantitative estimate of drug-likeness (QED) is 0.423. The number of hydrogen-bond donors (Lipinski definition) is 1. The van der Waals surface area contributed by atoms with Gasteiger partial charge in [-0.25, -0.2) is 8.42 Å². The minimum atomic E-state index is -3.91. The van der Waals surface area contributed by atoms with Crippen LogP contribution in [0.5, 0.6) is 11.5 Å². The van der Waals surface area contributed by atoms with Gasteiger partial charge in [-0.2, -0.15) is 0 Å². The first-order valence-corrected chi connectivity index (χ1v) is 14.1. The molecule has 2 aromatic carbocycles. The summed E-state index contributed by atoms with van der Waals surface area (Å²) in [4.78, 5) is 28.5. The van der Waals surface area contributed by atoms with E-state index in [4.69, 9.17) is 9.47 Å². The number of anilines is 1. The Morgan fingerprint density at radius 3 is 2.27 bits per heavy atom. The fourth-order valence-corrected chi connectivity index (χ4v) is 4.74. The number of rotatable bonds is 13. The van der Waals surface area contributed by atoms with Crippen LogP contribution in [0.4, 0.5) is 5.69 Å². The van der Waals surface area contributed by atoms with Crippen LogP contribution in [-0.2, 0) is 26.2 Å². The number of nitrogens with zero attached hydrogens (tertiary/aromatic N) is 2. The summed E-state index contributed by atoms with van der Waals surface area (Å²) in [6, 6.07) is 11.5. The maximum Gasteiger partial charge on any atom is 0.244 e. The lowest BCUT2D eigenvalue weighted by Gasteiger charge is -2.33. The van der Waals surface area contributed by atoms with Gasteiger partial charge < -0.3 is 19.7 Å². The molecule has 0 unspecified atom stereocenters. The lowest BCUT2D eigenvalue weighted by Crippen LogP contribution is -2.52. The van der Waals surface area contributed by atoms with Crippen LogP contribution in [0.1, 0.15) is 38.3 Å². The van der Waals surface area contributed by atoms with Crippen molar-refractivity contribution >= 4 is 27.5 Å². The Kier molecular flexibility index (Phi) is 10.8. The van der Waals surface area contributed by atoms with E-state index in [2.05, 4.69) is 5.32 Å². The van der Waals surface area contributed by atoms with Crippen LogP contribution in [0.25, 0.3) is 0 Å². The molecule has 0 bridgehead atoms. The van der Waals surface area contributed by atoms with Crippen molar-refractivity contribution in [1.82, 2.24) is 10.2 Å². The van der Waals surface area contributed by atoms with Crippen molar-refractivity contribution < 1.29 is 27.5 Å². The molecule has 2 aromatic rings. The predicted molar refractivity (Wildman–Crippen MR) is 145 cm³/mol. The molecule has 37 heavy (non-hydrogen) atoms. The number of methoxy groups -OCH3 is 2. The largest absolute Gasteiger partial charge is 0.497 e. The zero-order chi connectivity index (χ0) is 27.8. The topological polar surface area (TPSA) is 105 Å². The van der Waals surface area contributed by atoms with Crippen LogP contribution >= 0.6 is 0 Å². The molecule has 10 heteroatoms. The van der Waals surface area contributed by atoms with Gasteiger partial charge in [-0.15, -0.1) is 0 Å². The number of sulfonamides is 1. The lowest BCUT2D eigenvalue weighted by molar-refractivity contribution is -0.140. The number of carbonyl (C=O) groups excluding carboxylic acids is 2. The number of hydrogen-bond acceptors (Lipinski definition) is 6. The number of carbonyl (C=O) groups is 2. The molecule has 1 N–H and O–H groups in total. The van der Waals surface area contributed by atoms with E-state index in [0.717, 1.165) is 21.7 Å². The number of nitrogens with one attached hydrogen (secondary N) is 1. The number of aryl methyl sites for hydroxylation is 1. The average molecular weight is 534 g/mol. The minimum absolute atomic E-state index is 0.159. The van der Waals surface area contributed by atoms with Crippen molar-refractivity contribution in [3.05, 3.63) is 53.6 Å². The van der Waals surface area contributed by atoms with Crippen molar-refractivity contribution in [3.63, 3.8) is 0 Å². The highest BCUT2D eigenvalue weighted by Crippen LogP contribution is 2.34. The monoisotopic (exact) mass is 533 g/mol. The second-order valence-electron chi connectivity index (χ2n) is 9.32. The van der Waals surface area contributed by atoms with E-state index in [1.54, 1.807) is 12.1 Å². The average Bonchev–Trinajstić information content (AvgIpc) is 2.85. The van der Waals surface area contributed by atoms with E-state index >= 15 is 0 Å². The van der Waals surface area contributed by atoms with E-state index in [-0.39, 0.29) is 29.8 Å². The Labute approximate surface area is 220 Å². The summed E-state index contributed by atoms with van der Waals surface area (Å²) in [7, 11) is -1.02. The van der Waals surface area contributed by atoms with Gasteiger partial charge in [-0.05, 0) is 42.5 Å². The summed E-state index contributed by atoms with van der Waals surface area (Å²) in [6.45, 7) is 7.86. The third kappa shape index (κ3) is 8.11. The van der Waals surface area contributed by atoms with Gasteiger partial charge in [0.25, 0.3) is 0 Å². The molecule has 0 saturated heterocycles. The van der Waals surface area contributed by atoms with E-state index in [1.165, 1.54) is 25.2 Å². The van der Waals surface area contributed by atoms with E-state index in [9.17, 15) is 18.0 Å². The van der Waals surface area contributed by atoms with Gasteiger partial charge in [0.2, 0.25) is 21.8 Å². The summed E-state index contributed by atoms with van der Waals surface area (Å²) in [5.41, 5.74) is 2.01. The van der Waals surface area contributed by atoms with Gasteiger partial charge in [0, 0.05) is 19.2 Å². The molecule has 0 aliphatic heterocycles. The third-order valence-corrected chi connectivity index (χ3v) is 7.13. The SMILES string of the molecule is CC[C@H](C(=O)NCC(C)C)N(Cc1ccccc1C)C(=O)CN(c1cc(OC)ccc1OC)S(C)(=O)=O. The molecule has 0 aliphatic carbocycles. The van der Waals surface area contributed by atoms with Crippen LogP contribution in [0.2, 0.25) is 0 Å². The van der Waals surface area contributed by atoms with Crippen molar-refractivity contribution in [2.24, 2.45) is 5.92 Å². The maximum atomic E-state index is 13.9. The molecular formula is C27H39N3O6S. The van der Waals surface area contributed by atoms with Crippen LogP contribution in [0.15, 0.2) is 42.5 Å². The Balaban J connectivity index is 2.53. The summed E-state index contributed by atoms with van der Waals surface area (Å²) in [6.07, 6.45) is 1.39. The normalized spacial score (nSPS) is 12.1. The zero-order valence-electron chi connectivity index (χ0n) is 22.8. The molecule has 2 rings (SSSR count). The van der Waals surface area contributed by atoms with E-state index in [0.29, 0.717) is 18.7 Å². The molecule has 0 saturated carbocycles. The van der Waals surface area contributed by atoms with Crippen molar-refractivity contribution in [2.45, 2.75) is 46.7 Å². The molecule has 204 valence electrons. The standard InChI is InChI=1S/C27H39N3O6S/c1-8-23(27(32)28-16-19(2)3)29(17-21-12-10-9-11-20(21)4)26(31)18-30(37(7,33)34)24-15-22(35-5)13-14-25(24)36-6/h9-15,19,23H,8,16-18H2,1-7H3,(H,28,32)/t23-/m1/s1. The smallest absolute Gasteiger partial charge is 0.244 e. The van der Waals surface area contributed by atoms with Gasteiger partial charge in [-0.3, -0.25) is 13.9 Å². The highest BCUT2D eigenvalue weighted by Gasteiger charge is 2.33. The maximum absolute atomic E-state index is 13.9. The van der Waals surface area contributed by atoms with Gasteiger partial charge in [0.05, 0.1) is 26.2 Å². The lowest BCUT2D eigenvalue weighted by atomic mass is 10.1. The Morgan fingerprint density at radius 2 is 1.73 bits per heavy atom. The molecule has 2 amide bonds. The highest BCUT2D eigenvalue weighted by molar-refractivity contribution is 7.92. The van der Waals surface area contributed by atoms with Gasteiger partial charge in [0.1, 0.15) is 24.1 Å². The van der Waals surface area contributed by atoms with Crippen molar-refractivity contribution in [1.29, 1.82) is 0 Å². The first kappa shape index (κ1) is 30.0. The molecule has 0 spiro atoms. The molecule has 9 nitrogen and oxygen atoms in total. The van der Waals surface area contributed by atoms with E-state index < -0.39 is 28.5 Å². The van der Waals surface area contributed by atoms with E-state index in [1.807, 2.05) is 52.0 Å². The van der Waals surface area contributed by atoms with Gasteiger partial charge in [0.15, 0.2) is 0 Å². The molecule has 0 fully saturated rings. The summed E-state index contributed by atoms with van der Waals surface area (Å²) < 4.78 is 37.4. The summed E-state index contributed by atoms with van der Waals surface area (Å²) in [5.74, 6) is 0.135. The molecule has 0 heterocycles. The first-order valence-electron chi connectivity index (χ1n) is 12.2. The summed E-state index contributed by atoms with van der Waals surface area (Å²) >= 11 is 0. The second kappa shape index (κ2) is 13.3. The fraction of sp³-hybridized carbons (Fsp3) is 0.481. The highest BCUT2D eigenvalue weighted by atomic mass is 32.2. The molecule has 0 aliphatic rings. The molecule has 1 atom stereocenters. The van der Waals surface area contributed by atoms with Crippen molar-refractivity contribution in [3.8, 4) is 11.5 Å². The Bertz CT molecular complexity index is 1180. The number of benzene rings is 2. The van der Waals surface area contributed by atoms with Crippen LogP contribution < -0.4 is 19.1 Å². The van der Waals surface area contributed by atoms with Crippen molar-refractivity contribution in [2.75, 3.05) is 37.9 Å². The van der Waals surface area contributed by atoms with Crippen LogP contribution in [0, 0.1) is 12.8 Å². The first-order chi connectivity index (χ1) is 17.4. The predicted octanol–water partition coefficient (Wildman–Crippen LogP) is 3.36. The fourth-order valence-electron chi connectivity index (χ4n) is 3.90. The molecule has 0 aromatic heterocycles. The number of ether oxygens (including phenoxy) is 2. The zero-order valence-corrected chi connectivity index (χ0v) is 23.6. The van der Waals surface area contributed by atoms with Crippen LogP contribution in [0.3, 0.4) is 0 Å².